The van der Waals surface area contributed by atoms with Crippen LogP contribution in [0.1, 0.15) is 34.3 Å². The minimum absolute atomic E-state index is 0.144. The van der Waals surface area contributed by atoms with Gasteiger partial charge in [-0.1, -0.05) is 33.6 Å². The van der Waals surface area contributed by atoms with Crippen LogP contribution < -0.4 is 0 Å². The molecule has 2 rings (SSSR count). The lowest BCUT2D eigenvalue weighted by Crippen LogP contribution is -2.38. The van der Waals surface area contributed by atoms with Crippen LogP contribution in [0, 0.1) is 19.8 Å². The number of nitrogens with zero attached hydrogens (tertiary/aromatic N) is 1. The summed E-state index contributed by atoms with van der Waals surface area (Å²) in [4.78, 5) is 14.9. The molecular formula is C15H20BrNO. The van der Waals surface area contributed by atoms with E-state index in [2.05, 4.69) is 28.9 Å². The van der Waals surface area contributed by atoms with Gasteiger partial charge in [0, 0.05) is 24.0 Å². The quantitative estimate of drug-likeness (QED) is 0.782. The predicted octanol–water partition coefficient (Wildman–Crippen LogP) is 3.55. The van der Waals surface area contributed by atoms with Gasteiger partial charge in [-0.3, -0.25) is 4.79 Å². The molecule has 1 saturated carbocycles. The van der Waals surface area contributed by atoms with E-state index in [4.69, 9.17) is 0 Å². The van der Waals surface area contributed by atoms with Crippen molar-refractivity contribution in [2.75, 3.05) is 13.6 Å². The number of carbonyl (C=O) groups excluding carboxylic acids is 1. The molecular weight excluding hydrogens is 290 g/mol. The molecule has 1 aromatic rings. The van der Waals surface area contributed by atoms with Crippen LogP contribution in [0.15, 0.2) is 18.2 Å². The molecule has 0 spiro atoms. The van der Waals surface area contributed by atoms with E-state index < -0.39 is 0 Å². The molecule has 2 nitrogen and oxygen atoms in total. The molecule has 0 atom stereocenters. The van der Waals surface area contributed by atoms with Crippen molar-refractivity contribution in [3.05, 3.63) is 34.9 Å². The van der Waals surface area contributed by atoms with Gasteiger partial charge in [0.15, 0.2) is 0 Å². The molecule has 18 heavy (non-hydrogen) atoms. The molecule has 0 heterocycles. The molecule has 0 aromatic heterocycles. The summed E-state index contributed by atoms with van der Waals surface area (Å²) >= 11 is 3.59. The molecule has 1 fully saturated rings. The summed E-state index contributed by atoms with van der Waals surface area (Å²) in [5.41, 5.74) is 3.10. The Morgan fingerprint density at radius 1 is 1.39 bits per heavy atom. The second-order valence-electron chi connectivity index (χ2n) is 5.44. The van der Waals surface area contributed by atoms with Crippen molar-refractivity contribution < 1.29 is 4.79 Å². The maximum absolute atomic E-state index is 12.3. The second-order valence-corrected chi connectivity index (χ2v) is 6.73. The third-order valence-corrected chi connectivity index (χ3v) is 4.42. The highest BCUT2D eigenvalue weighted by Gasteiger charge is 2.29. The maximum Gasteiger partial charge on any atom is 0.253 e. The number of aryl methyl sites for hydroxylation is 2. The number of hydrogen-bond acceptors (Lipinski definition) is 1. The highest BCUT2D eigenvalue weighted by Crippen LogP contribution is 2.33. The van der Waals surface area contributed by atoms with E-state index in [0.29, 0.717) is 10.7 Å². The Kier molecular flexibility index (Phi) is 4.10. The number of benzene rings is 1. The van der Waals surface area contributed by atoms with Gasteiger partial charge in [-0.25, -0.2) is 0 Å². The van der Waals surface area contributed by atoms with Crippen LogP contribution in [0.5, 0.6) is 0 Å². The summed E-state index contributed by atoms with van der Waals surface area (Å²) in [7, 11) is 1.91. The monoisotopic (exact) mass is 309 g/mol. The summed E-state index contributed by atoms with van der Waals surface area (Å²) in [6, 6.07) is 6.02. The molecule has 0 aliphatic heterocycles. The van der Waals surface area contributed by atoms with E-state index in [-0.39, 0.29) is 5.91 Å². The van der Waals surface area contributed by atoms with Crippen molar-refractivity contribution in [3.63, 3.8) is 0 Å². The van der Waals surface area contributed by atoms with Crippen molar-refractivity contribution in [2.24, 2.45) is 5.92 Å². The Balaban J connectivity index is 2.01. The predicted molar refractivity (Wildman–Crippen MR) is 78.3 cm³/mol. The maximum atomic E-state index is 12.3. The molecule has 1 aliphatic carbocycles. The van der Waals surface area contributed by atoms with E-state index in [9.17, 15) is 4.79 Å². The third kappa shape index (κ3) is 2.94. The molecule has 0 N–H and O–H groups in total. The summed E-state index contributed by atoms with van der Waals surface area (Å²) in [6.07, 6.45) is 2.37. The SMILES string of the molecule is Cc1ccc(C(=O)N(C)CC2CC(Br)C2)c(C)c1. The number of rotatable bonds is 3. The van der Waals surface area contributed by atoms with Crippen molar-refractivity contribution in [2.45, 2.75) is 31.5 Å². The van der Waals surface area contributed by atoms with Crippen LogP contribution in [0.2, 0.25) is 0 Å². The van der Waals surface area contributed by atoms with Gasteiger partial charge in [0.05, 0.1) is 0 Å². The van der Waals surface area contributed by atoms with Gasteiger partial charge in [0.25, 0.3) is 5.91 Å². The zero-order valence-electron chi connectivity index (χ0n) is 11.2. The zero-order chi connectivity index (χ0) is 13.3. The smallest absolute Gasteiger partial charge is 0.253 e. The molecule has 3 heteroatoms. The molecule has 1 aliphatic rings. The van der Waals surface area contributed by atoms with Crippen LogP contribution in [0.4, 0.5) is 0 Å². The molecule has 0 unspecified atom stereocenters. The van der Waals surface area contributed by atoms with Gasteiger partial charge in [-0.05, 0) is 44.2 Å². The fourth-order valence-corrected chi connectivity index (χ4v) is 3.59. The van der Waals surface area contributed by atoms with Gasteiger partial charge < -0.3 is 4.90 Å². The van der Waals surface area contributed by atoms with Crippen molar-refractivity contribution in [1.82, 2.24) is 4.90 Å². The van der Waals surface area contributed by atoms with E-state index in [0.717, 1.165) is 17.7 Å². The van der Waals surface area contributed by atoms with E-state index in [1.54, 1.807) is 0 Å². The van der Waals surface area contributed by atoms with Crippen LogP contribution in [0.3, 0.4) is 0 Å². The van der Waals surface area contributed by atoms with Crippen LogP contribution >= 0.6 is 15.9 Å². The number of alkyl halides is 1. The zero-order valence-corrected chi connectivity index (χ0v) is 12.8. The van der Waals surface area contributed by atoms with Gasteiger partial charge in [0.2, 0.25) is 0 Å². The standard InChI is InChI=1S/C15H20BrNO/c1-10-4-5-14(11(2)6-10)15(18)17(3)9-12-7-13(16)8-12/h4-6,12-13H,7-9H2,1-3H3. The molecule has 0 bridgehead atoms. The van der Waals surface area contributed by atoms with Gasteiger partial charge in [0.1, 0.15) is 0 Å². The van der Waals surface area contributed by atoms with Crippen LogP contribution in [-0.2, 0) is 0 Å². The van der Waals surface area contributed by atoms with Gasteiger partial charge >= 0.3 is 0 Å². The van der Waals surface area contributed by atoms with Crippen LogP contribution in [0.25, 0.3) is 0 Å². The van der Waals surface area contributed by atoms with Crippen molar-refractivity contribution >= 4 is 21.8 Å². The topological polar surface area (TPSA) is 20.3 Å². The minimum Gasteiger partial charge on any atom is -0.341 e. The lowest BCUT2D eigenvalue weighted by Gasteiger charge is -2.34. The summed E-state index contributed by atoms with van der Waals surface area (Å²) in [5.74, 6) is 0.805. The van der Waals surface area contributed by atoms with Crippen LogP contribution in [-0.4, -0.2) is 29.2 Å². The van der Waals surface area contributed by atoms with E-state index in [1.165, 1.54) is 18.4 Å². The Bertz CT molecular complexity index is 452. The molecule has 0 saturated heterocycles. The number of hydrogen-bond donors (Lipinski definition) is 0. The minimum atomic E-state index is 0.144. The van der Waals surface area contributed by atoms with Gasteiger partial charge in [-0.15, -0.1) is 0 Å². The first kappa shape index (κ1) is 13.6. The highest BCUT2D eigenvalue weighted by molar-refractivity contribution is 9.09. The second kappa shape index (κ2) is 5.43. The number of carbonyl (C=O) groups is 1. The van der Waals surface area contributed by atoms with Crippen molar-refractivity contribution in [1.29, 1.82) is 0 Å². The molecule has 98 valence electrons. The van der Waals surface area contributed by atoms with E-state index in [1.807, 2.05) is 31.0 Å². The summed E-state index contributed by atoms with van der Waals surface area (Å²) < 4.78 is 0. The molecule has 0 radical (unpaired) electrons. The average molecular weight is 310 g/mol. The first-order valence-corrected chi connectivity index (χ1v) is 7.35. The lowest BCUT2D eigenvalue weighted by atomic mass is 9.85. The fraction of sp³-hybridized carbons (Fsp3) is 0.533. The average Bonchev–Trinajstić information content (AvgIpc) is 2.26. The Morgan fingerprint density at radius 2 is 2.06 bits per heavy atom. The normalized spacial score (nSPS) is 22.4. The Morgan fingerprint density at radius 3 is 2.61 bits per heavy atom. The molecule has 1 aromatic carbocycles. The number of halogens is 1. The summed E-state index contributed by atoms with van der Waals surface area (Å²) in [6.45, 7) is 4.93. The highest BCUT2D eigenvalue weighted by atomic mass is 79.9. The van der Waals surface area contributed by atoms with E-state index >= 15 is 0 Å². The number of amides is 1. The largest absolute Gasteiger partial charge is 0.341 e. The first-order chi connectivity index (χ1) is 8.47. The third-order valence-electron chi connectivity index (χ3n) is 3.67. The molecule has 1 amide bonds. The fourth-order valence-electron chi connectivity index (χ4n) is 2.53. The summed E-state index contributed by atoms with van der Waals surface area (Å²) in [5, 5.41) is 0. The Hall–Kier alpha value is -0.830. The van der Waals surface area contributed by atoms with Crippen molar-refractivity contribution in [3.8, 4) is 0 Å². The Labute approximate surface area is 117 Å². The first-order valence-electron chi connectivity index (χ1n) is 6.44. The lowest BCUT2D eigenvalue weighted by molar-refractivity contribution is 0.0748. The van der Waals surface area contributed by atoms with Gasteiger partial charge in [-0.2, -0.15) is 0 Å².